The smallest absolute Gasteiger partial charge is 0.416 e. The van der Waals surface area contributed by atoms with Gasteiger partial charge in [0.15, 0.2) is 0 Å². The molecule has 1 aliphatic heterocycles. The van der Waals surface area contributed by atoms with Crippen molar-refractivity contribution >= 4 is 5.76 Å². The topological polar surface area (TPSA) is 32.7 Å². The SMILES string of the molecule is C=C(O)c1cc(C(F)(F)F)cc(C(F)(F)F)c1.CC.Fc1ccccc1.c1ccc(CN2CCOCC2)cc1. The van der Waals surface area contributed by atoms with Crippen molar-refractivity contribution in [1.82, 2.24) is 4.90 Å². The molecule has 0 amide bonds. The number of nitrogens with zero attached hydrogens (tertiary/aromatic N) is 1. The van der Waals surface area contributed by atoms with Crippen molar-refractivity contribution in [3.63, 3.8) is 0 Å². The average Bonchev–Trinajstić information content (AvgIpc) is 2.91. The van der Waals surface area contributed by atoms with E-state index < -0.39 is 34.8 Å². The van der Waals surface area contributed by atoms with E-state index in [0.717, 1.165) is 32.8 Å². The molecule has 0 aliphatic carbocycles. The normalized spacial score (nSPS) is 13.5. The molecule has 0 spiro atoms. The Morgan fingerprint density at radius 2 is 1.23 bits per heavy atom. The maximum atomic E-state index is 12.3. The number of ether oxygens (including phenoxy) is 1. The van der Waals surface area contributed by atoms with Gasteiger partial charge in [0.1, 0.15) is 11.6 Å². The van der Waals surface area contributed by atoms with E-state index in [1.165, 1.54) is 17.7 Å². The van der Waals surface area contributed by atoms with Crippen LogP contribution in [0.5, 0.6) is 0 Å². The Balaban J connectivity index is 0.000000304. The minimum Gasteiger partial charge on any atom is -0.508 e. The van der Waals surface area contributed by atoms with Gasteiger partial charge in [-0.1, -0.05) is 69.0 Å². The highest BCUT2D eigenvalue weighted by atomic mass is 19.4. The van der Waals surface area contributed by atoms with Crippen LogP contribution in [0.1, 0.15) is 36.1 Å². The van der Waals surface area contributed by atoms with E-state index in [4.69, 9.17) is 9.84 Å². The number of morpholine rings is 1. The lowest BCUT2D eigenvalue weighted by Gasteiger charge is -2.26. The van der Waals surface area contributed by atoms with Crippen molar-refractivity contribution in [3.05, 3.63) is 114 Å². The molecule has 1 fully saturated rings. The number of alkyl halides is 6. The molecule has 0 aromatic heterocycles. The molecule has 3 aromatic rings. The van der Waals surface area contributed by atoms with Crippen LogP contribution in [-0.4, -0.2) is 36.3 Å². The predicted octanol–water partition coefficient (Wildman–Crippen LogP) is 8.62. The lowest BCUT2D eigenvalue weighted by molar-refractivity contribution is -0.143. The van der Waals surface area contributed by atoms with Crippen LogP contribution < -0.4 is 0 Å². The van der Waals surface area contributed by atoms with Gasteiger partial charge in [-0.15, -0.1) is 0 Å². The molecule has 4 rings (SSSR count). The van der Waals surface area contributed by atoms with Crippen LogP contribution in [0.4, 0.5) is 30.7 Å². The van der Waals surface area contributed by atoms with Crippen LogP contribution in [-0.2, 0) is 23.6 Å². The van der Waals surface area contributed by atoms with E-state index in [2.05, 4.69) is 41.8 Å². The maximum absolute atomic E-state index is 12.3. The summed E-state index contributed by atoms with van der Waals surface area (Å²) >= 11 is 0. The van der Waals surface area contributed by atoms with Crippen LogP contribution in [0.2, 0.25) is 0 Å². The summed E-state index contributed by atoms with van der Waals surface area (Å²) in [7, 11) is 0. The number of halogens is 7. The standard InChI is InChI=1S/C11H15NO.C10H6F6O.C6H5F.C2H6/c1-2-4-11(5-3-1)10-12-6-8-13-9-7-12;1-5(17)6-2-7(9(11,12)13)4-8(3-6)10(14,15)16;7-6-4-2-1-3-5-6;1-2/h1-5H,6-10H2;2-4,17H,1H2;1-5H;1-2H3. The van der Waals surface area contributed by atoms with E-state index >= 15 is 0 Å². The summed E-state index contributed by atoms with van der Waals surface area (Å²) in [6.07, 6.45) is -9.85. The third-order valence-electron chi connectivity index (χ3n) is 5.01. The Hall–Kier alpha value is -3.37. The largest absolute Gasteiger partial charge is 0.508 e. The molecule has 10 heteroatoms. The lowest BCUT2D eigenvalue weighted by Crippen LogP contribution is -2.35. The molecule has 3 nitrogen and oxygen atoms in total. The highest BCUT2D eigenvalue weighted by Gasteiger charge is 2.37. The first kappa shape index (κ1) is 33.7. The number of benzene rings is 3. The Labute approximate surface area is 224 Å². The molecular formula is C29H32F7NO2. The van der Waals surface area contributed by atoms with Gasteiger partial charge < -0.3 is 9.84 Å². The summed E-state index contributed by atoms with van der Waals surface area (Å²) in [5, 5.41) is 8.87. The van der Waals surface area contributed by atoms with E-state index in [1.54, 1.807) is 18.2 Å². The zero-order chi connectivity index (χ0) is 29.5. The molecule has 39 heavy (non-hydrogen) atoms. The van der Waals surface area contributed by atoms with E-state index in [0.29, 0.717) is 12.1 Å². The molecule has 1 heterocycles. The van der Waals surface area contributed by atoms with Gasteiger partial charge in [-0.05, 0) is 35.9 Å². The number of aliphatic hydroxyl groups is 1. The van der Waals surface area contributed by atoms with Crippen molar-refractivity contribution < 1.29 is 40.6 Å². The average molecular weight is 560 g/mol. The van der Waals surface area contributed by atoms with Gasteiger partial charge in [0.25, 0.3) is 0 Å². The van der Waals surface area contributed by atoms with Crippen LogP contribution in [0.25, 0.3) is 5.76 Å². The minimum atomic E-state index is -4.93. The summed E-state index contributed by atoms with van der Waals surface area (Å²) in [5.74, 6) is -1.04. The molecule has 3 aromatic carbocycles. The summed E-state index contributed by atoms with van der Waals surface area (Å²) in [6.45, 7) is 11.8. The summed E-state index contributed by atoms with van der Waals surface area (Å²) in [4.78, 5) is 2.43. The van der Waals surface area contributed by atoms with E-state index in [9.17, 15) is 30.7 Å². The molecule has 0 unspecified atom stereocenters. The van der Waals surface area contributed by atoms with Crippen molar-refractivity contribution in [2.45, 2.75) is 32.7 Å². The van der Waals surface area contributed by atoms with Crippen molar-refractivity contribution in [1.29, 1.82) is 0 Å². The third kappa shape index (κ3) is 13.3. The van der Waals surface area contributed by atoms with Crippen molar-refractivity contribution in [2.75, 3.05) is 26.3 Å². The fraction of sp³-hybridized carbons (Fsp3) is 0.310. The van der Waals surface area contributed by atoms with E-state index in [-0.39, 0.29) is 11.9 Å². The van der Waals surface area contributed by atoms with Gasteiger partial charge in [0.05, 0.1) is 24.3 Å². The van der Waals surface area contributed by atoms with Crippen LogP contribution >= 0.6 is 0 Å². The Morgan fingerprint density at radius 3 is 1.59 bits per heavy atom. The van der Waals surface area contributed by atoms with Gasteiger partial charge in [0, 0.05) is 25.2 Å². The van der Waals surface area contributed by atoms with Crippen molar-refractivity contribution in [3.8, 4) is 0 Å². The first-order valence-electron chi connectivity index (χ1n) is 12.1. The minimum absolute atomic E-state index is 0.0214. The second-order valence-electron chi connectivity index (χ2n) is 7.91. The summed E-state index contributed by atoms with van der Waals surface area (Å²) in [5.41, 5.74) is -2.20. The molecule has 0 atom stereocenters. The number of rotatable bonds is 3. The Morgan fingerprint density at radius 1 is 0.795 bits per heavy atom. The predicted molar refractivity (Wildman–Crippen MR) is 138 cm³/mol. The molecule has 0 saturated carbocycles. The zero-order valence-electron chi connectivity index (χ0n) is 21.7. The van der Waals surface area contributed by atoms with Crippen LogP contribution in [0, 0.1) is 5.82 Å². The molecule has 1 saturated heterocycles. The second kappa shape index (κ2) is 16.6. The molecule has 214 valence electrons. The molecular weight excluding hydrogens is 527 g/mol. The molecule has 1 N–H and O–H groups in total. The van der Waals surface area contributed by atoms with Crippen LogP contribution in [0.15, 0.2) is 85.4 Å². The van der Waals surface area contributed by atoms with Gasteiger partial charge >= 0.3 is 12.4 Å². The molecule has 0 bridgehead atoms. The summed E-state index contributed by atoms with van der Waals surface area (Å²) < 4.78 is 91.1. The number of hydrogen-bond acceptors (Lipinski definition) is 3. The first-order chi connectivity index (χ1) is 18.4. The van der Waals surface area contributed by atoms with Crippen molar-refractivity contribution in [2.24, 2.45) is 0 Å². The fourth-order valence-corrected chi connectivity index (χ4v) is 3.14. The number of hydrogen-bond donors (Lipinski definition) is 1. The Bertz CT molecular complexity index is 1060. The monoisotopic (exact) mass is 559 g/mol. The highest BCUT2D eigenvalue weighted by Crippen LogP contribution is 2.37. The summed E-state index contributed by atoms with van der Waals surface area (Å²) in [6, 6.07) is 19.3. The number of aliphatic hydroxyl groups excluding tert-OH is 1. The molecule has 1 aliphatic rings. The molecule has 0 radical (unpaired) electrons. The zero-order valence-corrected chi connectivity index (χ0v) is 21.7. The van der Waals surface area contributed by atoms with Gasteiger partial charge in [0.2, 0.25) is 0 Å². The van der Waals surface area contributed by atoms with Gasteiger partial charge in [-0.3, -0.25) is 4.90 Å². The fourth-order valence-electron chi connectivity index (χ4n) is 3.14. The van der Waals surface area contributed by atoms with E-state index in [1.807, 2.05) is 13.8 Å². The second-order valence-corrected chi connectivity index (χ2v) is 7.91. The lowest BCUT2D eigenvalue weighted by atomic mass is 10.0. The highest BCUT2D eigenvalue weighted by molar-refractivity contribution is 5.58. The third-order valence-corrected chi connectivity index (χ3v) is 5.01. The Kier molecular flexibility index (Phi) is 14.3. The van der Waals surface area contributed by atoms with Gasteiger partial charge in [-0.2, -0.15) is 26.3 Å². The van der Waals surface area contributed by atoms with Gasteiger partial charge in [-0.25, -0.2) is 4.39 Å². The van der Waals surface area contributed by atoms with Crippen LogP contribution in [0.3, 0.4) is 0 Å². The quantitative estimate of drug-likeness (QED) is 0.258. The maximum Gasteiger partial charge on any atom is 0.416 e. The first-order valence-corrected chi connectivity index (χ1v) is 12.1.